The van der Waals surface area contributed by atoms with Gasteiger partial charge >= 0.3 is 0 Å². The Morgan fingerprint density at radius 1 is 1.24 bits per heavy atom. The lowest BCUT2D eigenvalue weighted by Gasteiger charge is -2.31. The van der Waals surface area contributed by atoms with E-state index < -0.39 is 5.95 Å². The molecule has 1 aliphatic carbocycles. The smallest absolute Gasteiger partial charge is 0.270 e. The van der Waals surface area contributed by atoms with Gasteiger partial charge in [-0.3, -0.25) is 9.79 Å². The van der Waals surface area contributed by atoms with Gasteiger partial charge in [0.2, 0.25) is 5.95 Å². The molecule has 9 heteroatoms. The van der Waals surface area contributed by atoms with Crippen LogP contribution in [0, 0.1) is 5.95 Å². The van der Waals surface area contributed by atoms with E-state index in [0.717, 1.165) is 47.7 Å². The molecule has 1 aliphatic rings. The Bertz CT molecular complexity index is 1320. The number of allylic oxidation sites excluding steroid dienone is 2. The number of aromatic nitrogens is 2. The summed E-state index contributed by atoms with van der Waals surface area (Å²) < 4.78 is 13.1. The third-order valence-electron chi connectivity index (χ3n) is 6.55. The SMILES string of the molecule is C=C(N=C/C(=C\C)Cc1cc(C(=O)N[C@H]2CCCC[C@@H]2NON)nc2ccccc12)c1ccc(F)nc1. The molecule has 1 fully saturated rings. The minimum atomic E-state index is -0.554. The average molecular weight is 503 g/mol. The number of hydroxylamine groups is 1. The Morgan fingerprint density at radius 3 is 2.76 bits per heavy atom. The first-order chi connectivity index (χ1) is 18.0. The molecule has 0 saturated heterocycles. The molecule has 2 aromatic heterocycles. The van der Waals surface area contributed by atoms with Crippen LogP contribution in [-0.2, 0) is 11.4 Å². The highest BCUT2D eigenvalue weighted by Crippen LogP contribution is 2.23. The summed E-state index contributed by atoms with van der Waals surface area (Å²) in [7, 11) is 0. The van der Waals surface area contributed by atoms with Gasteiger partial charge in [0.05, 0.1) is 17.3 Å². The maximum atomic E-state index is 13.3. The van der Waals surface area contributed by atoms with E-state index in [1.807, 2.05) is 43.3 Å². The van der Waals surface area contributed by atoms with Gasteiger partial charge in [0.25, 0.3) is 5.91 Å². The zero-order valence-corrected chi connectivity index (χ0v) is 20.8. The number of carbonyl (C=O) groups excluding carboxylic acids is 1. The minimum Gasteiger partial charge on any atom is -0.346 e. The van der Waals surface area contributed by atoms with E-state index in [1.165, 1.54) is 12.3 Å². The summed E-state index contributed by atoms with van der Waals surface area (Å²) in [6.45, 7) is 5.88. The number of amides is 1. The summed E-state index contributed by atoms with van der Waals surface area (Å²) in [5.41, 5.74) is 6.87. The van der Waals surface area contributed by atoms with Crippen LogP contribution < -0.4 is 16.7 Å². The van der Waals surface area contributed by atoms with E-state index in [9.17, 15) is 9.18 Å². The number of carbonyl (C=O) groups is 1. The number of pyridine rings is 2. The zero-order valence-electron chi connectivity index (χ0n) is 20.8. The summed E-state index contributed by atoms with van der Waals surface area (Å²) in [4.78, 5) is 30.6. The van der Waals surface area contributed by atoms with E-state index in [1.54, 1.807) is 12.3 Å². The quantitative estimate of drug-likeness (QED) is 0.227. The first-order valence-electron chi connectivity index (χ1n) is 12.3. The van der Waals surface area contributed by atoms with Gasteiger partial charge in [0.1, 0.15) is 5.69 Å². The van der Waals surface area contributed by atoms with Gasteiger partial charge in [-0.2, -0.15) is 15.8 Å². The zero-order chi connectivity index (χ0) is 26.2. The third kappa shape index (κ3) is 6.71. The fourth-order valence-electron chi connectivity index (χ4n) is 4.51. The molecule has 2 atom stereocenters. The van der Waals surface area contributed by atoms with Gasteiger partial charge in [-0.1, -0.05) is 43.7 Å². The molecule has 37 heavy (non-hydrogen) atoms. The molecular formula is C28H31FN6O2. The standard InChI is InChI=1S/C28H31FN6O2/c1-3-19(16-31-18(2)20-12-13-27(29)32-17-20)14-21-15-26(33-23-9-5-4-8-22(21)23)28(36)34-24-10-6-7-11-25(24)35-37-30/h3-5,8-9,12-13,15-17,24-25,35H,2,6-7,10-11,14,30H2,1H3,(H,34,36)/b19-3-,31-16?/t24-,25-/m0/s1. The highest BCUT2D eigenvalue weighted by atomic mass is 19.1. The van der Waals surface area contributed by atoms with E-state index in [4.69, 9.17) is 5.90 Å². The van der Waals surface area contributed by atoms with Crippen LogP contribution in [0.5, 0.6) is 0 Å². The molecule has 4 N–H and O–H groups in total. The number of fused-ring (bicyclic) bond motifs is 1. The molecule has 1 aromatic carbocycles. The maximum absolute atomic E-state index is 13.3. The molecule has 0 bridgehead atoms. The lowest BCUT2D eigenvalue weighted by Crippen LogP contribution is -2.52. The lowest BCUT2D eigenvalue weighted by molar-refractivity contribution is -0.00283. The van der Waals surface area contributed by atoms with Crippen LogP contribution >= 0.6 is 0 Å². The van der Waals surface area contributed by atoms with Gasteiger partial charge < -0.3 is 5.32 Å². The molecule has 4 rings (SSSR count). The van der Waals surface area contributed by atoms with Crippen molar-refractivity contribution in [3.8, 4) is 0 Å². The molecule has 192 valence electrons. The summed E-state index contributed by atoms with van der Waals surface area (Å²) >= 11 is 0. The fourth-order valence-corrected chi connectivity index (χ4v) is 4.51. The molecule has 0 spiro atoms. The van der Waals surface area contributed by atoms with Crippen molar-refractivity contribution in [3.05, 3.63) is 89.7 Å². The van der Waals surface area contributed by atoms with Crippen molar-refractivity contribution in [3.63, 3.8) is 0 Å². The average Bonchev–Trinajstić information content (AvgIpc) is 2.92. The number of nitrogens with one attached hydrogen (secondary N) is 2. The fraction of sp³-hybridized carbons (Fsp3) is 0.286. The number of nitrogens with two attached hydrogens (primary N) is 1. The van der Waals surface area contributed by atoms with Crippen molar-refractivity contribution in [2.45, 2.75) is 51.1 Å². The Balaban J connectivity index is 1.56. The first kappa shape index (κ1) is 26.3. The van der Waals surface area contributed by atoms with Crippen LogP contribution in [0.4, 0.5) is 4.39 Å². The predicted octanol–water partition coefficient (Wildman–Crippen LogP) is 4.44. The Hall–Kier alpha value is -3.79. The maximum Gasteiger partial charge on any atom is 0.270 e. The van der Waals surface area contributed by atoms with Crippen LogP contribution in [0.1, 0.15) is 54.2 Å². The summed E-state index contributed by atoms with van der Waals surface area (Å²) in [5, 5.41) is 4.07. The van der Waals surface area contributed by atoms with Gasteiger partial charge in [-0.05, 0) is 61.6 Å². The van der Waals surface area contributed by atoms with E-state index >= 15 is 0 Å². The molecule has 1 amide bonds. The number of nitrogens with zero attached hydrogens (tertiary/aromatic N) is 3. The van der Waals surface area contributed by atoms with E-state index in [2.05, 4.69) is 37.3 Å². The number of rotatable bonds is 9. The number of aliphatic imine (C=N–C) groups is 1. The largest absolute Gasteiger partial charge is 0.346 e. The molecule has 8 nitrogen and oxygen atoms in total. The number of benzene rings is 1. The van der Waals surface area contributed by atoms with Gasteiger partial charge in [-0.25, -0.2) is 14.9 Å². The van der Waals surface area contributed by atoms with Crippen molar-refractivity contribution in [2.75, 3.05) is 0 Å². The predicted molar refractivity (Wildman–Crippen MR) is 143 cm³/mol. The number of halogens is 1. The Morgan fingerprint density at radius 2 is 2.03 bits per heavy atom. The monoisotopic (exact) mass is 502 g/mol. The molecular weight excluding hydrogens is 471 g/mol. The van der Waals surface area contributed by atoms with Gasteiger partial charge in [-0.15, -0.1) is 0 Å². The number of hydrogen-bond donors (Lipinski definition) is 3. The van der Waals surface area contributed by atoms with Crippen molar-refractivity contribution < 1.29 is 14.1 Å². The van der Waals surface area contributed by atoms with Gasteiger partial charge in [0, 0.05) is 29.4 Å². The number of hydrogen-bond acceptors (Lipinski definition) is 7. The van der Waals surface area contributed by atoms with Crippen molar-refractivity contribution >= 4 is 28.7 Å². The second kappa shape index (κ2) is 12.4. The Labute approximate surface area is 215 Å². The van der Waals surface area contributed by atoms with E-state index in [-0.39, 0.29) is 18.0 Å². The first-order valence-corrected chi connectivity index (χ1v) is 12.3. The molecule has 2 heterocycles. The highest BCUT2D eigenvalue weighted by Gasteiger charge is 2.27. The van der Waals surface area contributed by atoms with Crippen molar-refractivity contribution in [1.29, 1.82) is 0 Å². The van der Waals surface area contributed by atoms with Crippen LogP contribution in [0.2, 0.25) is 0 Å². The van der Waals surface area contributed by atoms with Crippen LogP contribution in [0.25, 0.3) is 16.6 Å². The van der Waals surface area contributed by atoms with Gasteiger partial charge in [0.15, 0.2) is 0 Å². The second-order valence-electron chi connectivity index (χ2n) is 9.01. The molecule has 3 aromatic rings. The summed E-state index contributed by atoms with van der Waals surface area (Å²) in [6, 6.07) is 12.3. The number of para-hydroxylation sites is 1. The minimum absolute atomic E-state index is 0.0575. The van der Waals surface area contributed by atoms with Crippen molar-refractivity contribution in [2.24, 2.45) is 10.9 Å². The molecule has 0 aliphatic heterocycles. The molecule has 1 saturated carbocycles. The molecule has 0 radical (unpaired) electrons. The summed E-state index contributed by atoms with van der Waals surface area (Å²) in [6.07, 6.45) is 9.38. The van der Waals surface area contributed by atoms with Crippen molar-refractivity contribution in [1.82, 2.24) is 20.8 Å². The van der Waals surface area contributed by atoms with Crippen LogP contribution in [0.3, 0.4) is 0 Å². The Kier molecular flexibility index (Phi) is 8.84. The summed E-state index contributed by atoms with van der Waals surface area (Å²) in [5.74, 6) is 4.42. The second-order valence-corrected chi connectivity index (χ2v) is 9.01. The topological polar surface area (TPSA) is 115 Å². The lowest BCUT2D eigenvalue weighted by atomic mass is 9.90. The van der Waals surface area contributed by atoms with E-state index in [0.29, 0.717) is 23.4 Å². The third-order valence-corrected chi connectivity index (χ3v) is 6.55. The highest BCUT2D eigenvalue weighted by molar-refractivity contribution is 5.96. The van der Waals surface area contributed by atoms with Crippen LogP contribution in [-0.4, -0.2) is 34.2 Å². The normalized spacial score (nSPS) is 18.3. The molecule has 0 unspecified atom stereocenters. The van der Waals surface area contributed by atoms with Crippen LogP contribution in [0.15, 0.2) is 71.9 Å².